The minimum atomic E-state index is 0.631. The topological polar surface area (TPSA) is 57.4 Å². The number of rotatable bonds is 4. The molecule has 0 saturated heterocycles. The number of hydrogen-bond acceptors (Lipinski definition) is 2. The van der Waals surface area contributed by atoms with Gasteiger partial charge in [0.15, 0.2) is 0 Å². The van der Waals surface area contributed by atoms with E-state index in [4.69, 9.17) is 0 Å². The van der Waals surface area contributed by atoms with Gasteiger partial charge in [-0.3, -0.25) is 0 Å². The van der Waals surface area contributed by atoms with Gasteiger partial charge >= 0.3 is 0 Å². The van der Waals surface area contributed by atoms with Crippen LogP contribution < -0.4 is 0 Å². The van der Waals surface area contributed by atoms with Gasteiger partial charge in [0.05, 0.1) is 28.8 Å². The van der Waals surface area contributed by atoms with E-state index >= 15 is 0 Å². The molecule has 0 saturated carbocycles. The van der Waals surface area contributed by atoms with Crippen molar-refractivity contribution in [3.63, 3.8) is 0 Å². The Morgan fingerprint density at radius 2 is 1.39 bits per heavy atom. The van der Waals surface area contributed by atoms with E-state index < -0.39 is 0 Å². The van der Waals surface area contributed by atoms with E-state index in [-0.39, 0.29) is 0 Å². The molecule has 2 aromatic heterocycles. The van der Waals surface area contributed by atoms with Gasteiger partial charge < -0.3 is 9.13 Å². The lowest BCUT2D eigenvalue weighted by molar-refractivity contribution is 0.745. The minimum absolute atomic E-state index is 0.631. The molecular formula is C34H24N4. The number of aromatic nitrogens is 2. The van der Waals surface area contributed by atoms with Crippen LogP contribution in [-0.2, 0) is 19.4 Å². The summed E-state index contributed by atoms with van der Waals surface area (Å²) < 4.78 is 4.71. The van der Waals surface area contributed by atoms with Gasteiger partial charge in [0, 0.05) is 45.1 Å². The summed E-state index contributed by atoms with van der Waals surface area (Å²) in [5.41, 5.74) is 9.91. The van der Waals surface area contributed by atoms with Crippen molar-refractivity contribution in [2.75, 3.05) is 0 Å². The third-order valence-corrected chi connectivity index (χ3v) is 7.78. The Kier molecular flexibility index (Phi) is 5.13. The zero-order valence-electron chi connectivity index (χ0n) is 20.9. The highest BCUT2D eigenvalue weighted by Crippen LogP contribution is 2.35. The number of nitriles is 2. The van der Waals surface area contributed by atoms with Gasteiger partial charge in [-0.25, -0.2) is 0 Å². The van der Waals surface area contributed by atoms with Crippen LogP contribution in [0.25, 0.3) is 44.5 Å². The van der Waals surface area contributed by atoms with E-state index in [0.717, 1.165) is 47.6 Å². The first kappa shape index (κ1) is 22.2. The second-order valence-corrected chi connectivity index (χ2v) is 9.92. The van der Waals surface area contributed by atoms with E-state index in [1.165, 1.54) is 33.4 Å². The molecular weight excluding hydrogens is 464 g/mol. The van der Waals surface area contributed by atoms with E-state index in [1.54, 1.807) is 0 Å². The second-order valence-electron chi connectivity index (χ2n) is 9.92. The van der Waals surface area contributed by atoms with E-state index in [9.17, 15) is 10.5 Å². The molecule has 0 unspecified atom stereocenters. The van der Waals surface area contributed by atoms with Gasteiger partial charge in [-0.15, -0.1) is 0 Å². The number of nitrogens with zero attached hydrogens (tertiary/aromatic N) is 4. The molecule has 7 rings (SSSR count). The van der Waals surface area contributed by atoms with Crippen LogP contribution in [0.2, 0.25) is 0 Å². The number of allylic oxidation sites excluding steroid dienone is 1. The van der Waals surface area contributed by atoms with E-state index in [1.807, 2.05) is 36.4 Å². The van der Waals surface area contributed by atoms with E-state index in [2.05, 4.69) is 82.0 Å². The largest absolute Gasteiger partial charge is 0.340 e. The van der Waals surface area contributed by atoms with Crippen molar-refractivity contribution >= 4 is 38.8 Å². The van der Waals surface area contributed by atoms with Crippen LogP contribution in [0.5, 0.6) is 0 Å². The molecule has 1 aliphatic carbocycles. The molecule has 6 aromatic rings. The maximum atomic E-state index is 9.46. The highest BCUT2D eigenvalue weighted by atomic mass is 15.0. The lowest BCUT2D eigenvalue weighted by atomic mass is 9.99. The van der Waals surface area contributed by atoms with Crippen molar-refractivity contribution in [1.29, 1.82) is 10.5 Å². The van der Waals surface area contributed by atoms with Gasteiger partial charge in [-0.2, -0.15) is 10.5 Å². The standard InChI is InChI=1S/C34H24N4/c35-21-24-11-13-31-29(19-24)30-20-25(22-36)12-14-32(30)37(31)17-16-23-10-15-34-28(18-23)27-8-4-5-9-33(27)38(34)26-6-2-1-3-7-26/h1-3,5-7,9-15,18-20H,4,8,16-17H2. The predicted octanol–water partition coefficient (Wildman–Crippen LogP) is 7.68. The summed E-state index contributed by atoms with van der Waals surface area (Å²) in [6.07, 6.45) is 7.56. The molecule has 0 aliphatic heterocycles. The fraction of sp³-hybridized carbons (Fsp3) is 0.118. The fourth-order valence-electron chi connectivity index (χ4n) is 6.02. The number of hydrogen-bond donors (Lipinski definition) is 0. The van der Waals surface area contributed by atoms with Gasteiger partial charge in [-0.05, 0) is 97.1 Å². The summed E-state index contributed by atoms with van der Waals surface area (Å²) in [6, 6.07) is 33.7. The van der Waals surface area contributed by atoms with Crippen molar-refractivity contribution in [2.45, 2.75) is 25.8 Å². The fourth-order valence-corrected chi connectivity index (χ4v) is 6.02. The predicted molar refractivity (Wildman–Crippen MR) is 153 cm³/mol. The average Bonchev–Trinajstić information content (AvgIpc) is 3.47. The van der Waals surface area contributed by atoms with Crippen LogP contribution in [-0.4, -0.2) is 9.13 Å². The summed E-state index contributed by atoms with van der Waals surface area (Å²) in [7, 11) is 0. The van der Waals surface area contributed by atoms with Gasteiger partial charge in [0.1, 0.15) is 0 Å². The molecule has 4 aromatic carbocycles. The molecule has 2 heterocycles. The van der Waals surface area contributed by atoms with Crippen LogP contribution in [0.4, 0.5) is 0 Å². The molecule has 180 valence electrons. The molecule has 0 N–H and O–H groups in total. The Morgan fingerprint density at radius 3 is 2.08 bits per heavy atom. The molecule has 0 radical (unpaired) electrons. The van der Waals surface area contributed by atoms with Crippen molar-refractivity contribution in [3.8, 4) is 17.8 Å². The highest BCUT2D eigenvalue weighted by Gasteiger charge is 2.19. The van der Waals surface area contributed by atoms with E-state index in [0.29, 0.717) is 11.1 Å². The molecule has 0 fully saturated rings. The minimum Gasteiger partial charge on any atom is -0.340 e. The summed E-state index contributed by atoms with van der Waals surface area (Å²) in [6.45, 7) is 0.810. The van der Waals surface area contributed by atoms with Gasteiger partial charge in [-0.1, -0.05) is 30.3 Å². The third-order valence-electron chi connectivity index (χ3n) is 7.78. The van der Waals surface area contributed by atoms with Crippen molar-refractivity contribution in [3.05, 3.63) is 119 Å². The molecule has 38 heavy (non-hydrogen) atoms. The Balaban J connectivity index is 1.32. The van der Waals surface area contributed by atoms with Crippen molar-refractivity contribution in [2.24, 2.45) is 0 Å². The quantitative estimate of drug-likeness (QED) is 0.255. The monoisotopic (exact) mass is 488 g/mol. The lowest BCUT2D eigenvalue weighted by Gasteiger charge is -2.11. The number of benzene rings is 4. The van der Waals surface area contributed by atoms with Crippen molar-refractivity contribution in [1.82, 2.24) is 9.13 Å². The molecule has 1 aliphatic rings. The second kappa shape index (κ2) is 8.80. The molecule has 0 spiro atoms. The Bertz CT molecular complexity index is 1920. The number of para-hydroxylation sites is 1. The summed E-state index contributed by atoms with van der Waals surface area (Å²) in [5.74, 6) is 0. The first-order chi connectivity index (χ1) is 18.7. The van der Waals surface area contributed by atoms with Crippen LogP contribution in [0.3, 0.4) is 0 Å². The summed E-state index contributed by atoms with van der Waals surface area (Å²) in [4.78, 5) is 0. The Hall–Kier alpha value is -5.06. The Labute approximate surface area is 220 Å². The maximum absolute atomic E-state index is 9.46. The van der Waals surface area contributed by atoms with Crippen molar-refractivity contribution < 1.29 is 0 Å². The number of fused-ring (bicyclic) bond motifs is 6. The van der Waals surface area contributed by atoms with Gasteiger partial charge in [0.2, 0.25) is 0 Å². The lowest BCUT2D eigenvalue weighted by Crippen LogP contribution is -2.01. The molecule has 0 bridgehead atoms. The molecule has 0 atom stereocenters. The summed E-state index contributed by atoms with van der Waals surface area (Å²) in [5, 5.41) is 22.3. The first-order valence-corrected chi connectivity index (χ1v) is 13.0. The summed E-state index contributed by atoms with van der Waals surface area (Å²) >= 11 is 0. The number of aryl methyl sites for hydroxylation is 3. The molecule has 4 heteroatoms. The van der Waals surface area contributed by atoms with Crippen LogP contribution in [0.1, 0.15) is 34.4 Å². The Morgan fingerprint density at radius 1 is 0.711 bits per heavy atom. The SMILES string of the molecule is N#Cc1ccc2c(c1)c1cc(C#N)ccc1n2CCc1ccc2c(c1)c1c(n2-c2ccccc2)C=CCC1. The molecule has 0 amide bonds. The smallest absolute Gasteiger partial charge is 0.0991 e. The van der Waals surface area contributed by atoms with Gasteiger partial charge in [0.25, 0.3) is 0 Å². The normalized spacial score (nSPS) is 12.6. The average molecular weight is 489 g/mol. The van der Waals surface area contributed by atoms with Crippen LogP contribution in [0, 0.1) is 22.7 Å². The highest BCUT2D eigenvalue weighted by molar-refractivity contribution is 6.09. The zero-order chi connectivity index (χ0) is 25.6. The zero-order valence-corrected chi connectivity index (χ0v) is 20.9. The molecule has 4 nitrogen and oxygen atoms in total. The first-order valence-electron chi connectivity index (χ1n) is 13.0. The third kappa shape index (κ3) is 3.43. The van der Waals surface area contributed by atoms with Crippen LogP contribution >= 0.6 is 0 Å². The van der Waals surface area contributed by atoms with Crippen LogP contribution in [0.15, 0.2) is 91.0 Å². The maximum Gasteiger partial charge on any atom is 0.0991 e.